The molecule has 2 atom stereocenters. The van der Waals surface area contributed by atoms with E-state index in [1.807, 2.05) is 0 Å². The summed E-state index contributed by atoms with van der Waals surface area (Å²) in [5.74, 6) is -0.217. The van der Waals surface area contributed by atoms with Gasteiger partial charge in [-0.25, -0.2) is 22.4 Å². The fraction of sp³-hybridized carbons (Fsp3) is 0.273. The monoisotopic (exact) mass is 536 g/mol. The van der Waals surface area contributed by atoms with Gasteiger partial charge < -0.3 is 16.0 Å². The average molecular weight is 537 g/mol. The summed E-state index contributed by atoms with van der Waals surface area (Å²) in [6.07, 6.45) is 0.331. The molecule has 0 bridgehead atoms. The van der Waals surface area contributed by atoms with E-state index in [1.54, 1.807) is 36.4 Å². The zero-order valence-corrected chi connectivity index (χ0v) is 19.9. The third-order valence-corrected chi connectivity index (χ3v) is 7.93. The maximum atomic E-state index is 14.2. The van der Waals surface area contributed by atoms with E-state index in [0.29, 0.717) is 21.1 Å². The summed E-state index contributed by atoms with van der Waals surface area (Å²) in [5.41, 5.74) is 6.30. The molecule has 1 aliphatic rings. The molecule has 0 spiro atoms. The van der Waals surface area contributed by atoms with Gasteiger partial charge in [-0.15, -0.1) is 0 Å². The van der Waals surface area contributed by atoms with Gasteiger partial charge >= 0.3 is 12.1 Å². The number of primary amides is 1. The van der Waals surface area contributed by atoms with Crippen molar-refractivity contribution in [1.82, 2.24) is 9.47 Å². The van der Waals surface area contributed by atoms with Gasteiger partial charge in [0.15, 0.2) is 9.84 Å². The number of urea groups is 1. The summed E-state index contributed by atoms with van der Waals surface area (Å²) in [6, 6.07) is 11.5. The van der Waals surface area contributed by atoms with E-state index in [0.717, 1.165) is 0 Å². The first kappa shape index (κ1) is 23.2. The highest BCUT2D eigenvalue weighted by atomic mass is 79.9. The first-order valence-corrected chi connectivity index (χ1v) is 12.7. The molecule has 3 N–H and O–H groups in total. The Morgan fingerprint density at radius 3 is 2.67 bits per heavy atom. The Kier molecular flexibility index (Phi) is 6.44. The Balaban J connectivity index is 1.51. The average Bonchev–Trinajstić information content (AvgIpc) is 3.33. The number of likely N-dealkylation sites (tertiary alicyclic amines) is 1. The number of anilines is 1. The van der Waals surface area contributed by atoms with Crippen LogP contribution in [0.5, 0.6) is 0 Å². The van der Waals surface area contributed by atoms with Gasteiger partial charge in [-0.3, -0.25) is 4.57 Å². The number of benzene rings is 2. The van der Waals surface area contributed by atoms with Crippen molar-refractivity contribution in [3.8, 4) is 0 Å². The number of para-hydroxylation sites is 1. The molecule has 1 saturated heterocycles. The molecule has 2 aromatic carbocycles. The van der Waals surface area contributed by atoms with E-state index in [-0.39, 0.29) is 30.0 Å². The largest absolute Gasteiger partial charge is 0.351 e. The first-order chi connectivity index (χ1) is 15.7. The molecule has 3 amide bonds. The minimum Gasteiger partial charge on any atom is -0.351 e. The summed E-state index contributed by atoms with van der Waals surface area (Å²) >= 11 is 3.26. The fourth-order valence-electron chi connectivity index (χ4n) is 4.10. The number of hydrogen-bond acceptors (Lipinski definition) is 4. The van der Waals surface area contributed by atoms with Crippen LogP contribution in [0.25, 0.3) is 10.9 Å². The Morgan fingerprint density at radius 1 is 1.18 bits per heavy atom. The first-order valence-electron chi connectivity index (χ1n) is 10.3. The molecule has 33 heavy (non-hydrogen) atoms. The van der Waals surface area contributed by atoms with Gasteiger partial charge in [0.25, 0.3) is 0 Å². The number of sulfone groups is 1. The molecule has 1 aliphatic heterocycles. The highest BCUT2D eigenvalue weighted by molar-refractivity contribution is 9.10. The topological polar surface area (TPSA) is 114 Å². The number of alkyl halides is 1. The van der Waals surface area contributed by atoms with Crippen molar-refractivity contribution in [2.75, 3.05) is 17.6 Å². The lowest BCUT2D eigenvalue weighted by atomic mass is 10.1. The number of carbonyl (C=O) groups is 2. The highest BCUT2D eigenvalue weighted by Crippen LogP contribution is 2.29. The second-order valence-electron chi connectivity index (χ2n) is 7.90. The maximum Gasteiger partial charge on any atom is 0.323 e. The number of nitrogens with zero attached hydrogens (tertiary/aromatic N) is 2. The van der Waals surface area contributed by atoms with Crippen molar-refractivity contribution >= 4 is 54.4 Å². The molecule has 11 heteroatoms. The predicted octanol–water partition coefficient (Wildman–Crippen LogP) is 4.14. The molecule has 8 nitrogen and oxygen atoms in total. The van der Waals surface area contributed by atoms with Gasteiger partial charge in [0.1, 0.15) is 6.17 Å². The van der Waals surface area contributed by atoms with Crippen LogP contribution in [0.3, 0.4) is 0 Å². The van der Waals surface area contributed by atoms with Crippen LogP contribution in [0.1, 0.15) is 12.8 Å². The number of halogens is 2. The maximum absolute atomic E-state index is 14.2. The van der Waals surface area contributed by atoms with Gasteiger partial charge in [0, 0.05) is 28.5 Å². The molecule has 174 valence electrons. The Labute approximate surface area is 198 Å². The summed E-state index contributed by atoms with van der Waals surface area (Å²) in [4.78, 5) is 26.2. The molecule has 1 fully saturated rings. The lowest BCUT2D eigenvalue weighted by Crippen LogP contribution is -2.39. The number of hydrogen-bond donors (Lipinski definition) is 2. The Hall–Kier alpha value is -2.92. The molecule has 0 aliphatic carbocycles. The van der Waals surface area contributed by atoms with Crippen molar-refractivity contribution in [2.24, 2.45) is 5.73 Å². The van der Waals surface area contributed by atoms with Crippen molar-refractivity contribution in [3.05, 3.63) is 59.2 Å². The number of carbonyl (C=O) groups excluding carboxylic acids is 2. The fourth-order valence-corrected chi connectivity index (χ4v) is 6.06. The van der Waals surface area contributed by atoms with E-state index >= 15 is 0 Å². The SMILES string of the molecule is NC(=O)n1cc(NC(=O)N2C[C@H](F)C[C@H]2CCS(=O)(=O)c2cccc(Br)c2)c2ccccc21. The zero-order chi connectivity index (χ0) is 23.8. The molecule has 2 heterocycles. The van der Waals surface area contributed by atoms with Crippen LogP contribution in [0, 0.1) is 0 Å². The summed E-state index contributed by atoms with van der Waals surface area (Å²) in [6.45, 7) is -0.137. The third kappa shape index (κ3) is 4.88. The van der Waals surface area contributed by atoms with Crippen molar-refractivity contribution in [2.45, 2.75) is 30.0 Å². The predicted molar refractivity (Wildman–Crippen MR) is 127 cm³/mol. The van der Waals surface area contributed by atoms with E-state index in [4.69, 9.17) is 5.73 Å². The van der Waals surface area contributed by atoms with Crippen LogP contribution in [-0.2, 0) is 9.84 Å². The molecule has 1 aromatic heterocycles. The van der Waals surface area contributed by atoms with Crippen LogP contribution in [0.4, 0.5) is 19.7 Å². The number of nitrogens with two attached hydrogens (primary N) is 1. The van der Waals surface area contributed by atoms with Crippen molar-refractivity contribution < 1.29 is 22.4 Å². The lowest BCUT2D eigenvalue weighted by Gasteiger charge is -2.24. The van der Waals surface area contributed by atoms with Gasteiger partial charge in [-0.05, 0) is 30.7 Å². The summed E-state index contributed by atoms with van der Waals surface area (Å²) in [5, 5.41) is 3.33. The number of nitrogens with one attached hydrogen (secondary N) is 1. The molecule has 0 radical (unpaired) electrons. The van der Waals surface area contributed by atoms with Crippen LogP contribution in [0.2, 0.25) is 0 Å². The normalized spacial score (nSPS) is 18.5. The van der Waals surface area contributed by atoms with E-state index in [2.05, 4.69) is 21.2 Å². The second kappa shape index (κ2) is 9.14. The molecule has 0 unspecified atom stereocenters. The molecule has 0 saturated carbocycles. The van der Waals surface area contributed by atoms with E-state index < -0.39 is 34.1 Å². The van der Waals surface area contributed by atoms with Gasteiger partial charge in [-0.2, -0.15) is 0 Å². The van der Waals surface area contributed by atoms with Gasteiger partial charge in [-0.1, -0.05) is 40.2 Å². The minimum atomic E-state index is -3.60. The molecule has 4 rings (SSSR count). The Bertz CT molecular complexity index is 1330. The zero-order valence-electron chi connectivity index (χ0n) is 17.4. The second-order valence-corrected chi connectivity index (χ2v) is 10.9. The Morgan fingerprint density at radius 2 is 1.94 bits per heavy atom. The van der Waals surface area contributed by atoms with Crippen molar-refractivity contribution in [3.63, 3.8) is 0 Å². The summed E-state index contributed by atoms with van der Waals surface area (Å²) in [7, 11) is -3.60. The number of aromatic nitrogens is 1. The minimum absolute atomic E-state index is 0.0600. The van der Waals surface area contributed by atoms with Crippen LogP contribution >= 0.6 is 15.9 Å². The van der Waals surface area contributed by atoms with Crippen LogP contribution in [-0.4, -0.2) is 54.5 Å². The lowest BCUT2D eigenvalue weighted by molar-refractivity contribution is 0.203. The smallest absolute Gasteiger partial charge is 0.323 e. The van der Waals surface area contributed by atoms with Crippen molar-refractivity contribution in [1.29, 1.82) is 0 Å². The molecular formula is C22H22BrFN4O4S. The number of fused-ring (bicyclic) bond motifs is 1. The van der Waals surface area contributed by atoms with Gasteiger partial charge in [0.2, 0.25) is 0 Å². The van der Waals surface area contributed by atoms with E-state index in [1.165, 1.54) is 27.8 Å². The quantitative estimate of drug-likeness (QED) is 0.509. The number of rotatable bonds is 5. The molecule has 3 aromatic rings. The highest BCUT2D eigenvalue weighted by Gasteiger charge is 2.36. The van der Waals surface area contributed by atoms with Gasteiger partial charge in [0.05, 0.1) is 28.4 Å². The van der Waals surface area contributed by atoms with Crippen LogP contribution < -0.4 is 11.1 Å². The number of amides is 3. The third-order valence-electron chi connectivity index (χ3n) is 5.69. The van der Waals surface area contributed by atoms with Crippen LogP contribution in [0.15, 0.2) is 64.1 Å². The summed E-state index contributed by atoms with van der Waals surface area (Å²) < 4.78 is 41.5. The molecular weight excluding hydrogens is 515 g/mol. The van der Waals surface area contributed by atoms with E-state index in [9.17, 15) is 22.4 Å². The standard InChI is InChI=1S/C22H22BrFN4O4S/c23-14-4-3-5-17(10-14)33(31,32)9-8-16-11-15(24)12-27(16)22(30)26-19-13-28(21(25)29)20-7-2-1-6-18(19)20/h1-7,10,13,15-16H,8-9,11-12H2,(H2,25,29)(H,26,30)/t15-,16-/m1/s1.